The van der Waals surface area contributed by atoms with E-state index in [2.05, 4.69) is 22.0 Å². The van der Waals surface area contributed by atoms with Crippen LogP contribution in [-0.2, 0) is 11.3 Å². The molecule has 0 bridgehead atoms. The molecule has 0 saturated carbocycles. The van der Waals surface area contributed by atoms with Gasteiger partial charge in [-0.05, 0) is 43.5 Å². The highest BCUT2D eigenvalue weighted by atomic mass is 35.5. The Morgan fingerprint density at radius 1 is 1.29 bits per heavy atom. The first kappa shape index (κ1) is 17.7. The number of nitrogens with zero attached hydrogens (tertiary/aromatic N) is 2. The van der Waals surface area contributed by atoms with Gasteiger partial charge in [0, 0.05) is 37.4 Å². The number of ether oxygens (including phenoxy) is 1. The largest absolute Gasteiger partial charge is 0.372 e. The summed E-state index contributed by atoms with van der Waals surface area (Å²) in [6.45, 7) is 5.56. The van der Waals surface area contributed by atoms with Gasteiger partial charge in [-0.2, -0.15) is 5.10 Å². The zero-order valence-electron chi connectivity index (χ0n) is 13.8. The molecule has 2 heterocycles. The van der Waals surface area contributed by atoms with Crippen LogP contribution in [0.15, 0.2) is 30.5 Å². The molecular weight excluding hydrogens is 345 g/mol. The van der Waals surface area contributed by atoms with E-state index in [-0.39, 0.29) is 6.10 Å². The van der Waals surface area contributed by atoms with E-state index < -0.39 is 0 Å². The highest BCUT2D eigenvalue weighted by molar-refractivity contribution is 6.42. The van der Waals surface area contributed by atoms with Crippen LogP contribution in [0.4, 0.5) is 0 Å². The molecule has 24 heavy (non-hydrogen) atoms. The van der Waals surface area contributed by atoms with Gasteiger partial charge in [0.2, 0.25) is 0 Å². The van der Waals surface area contributed by atoms with Crippen LogP contribution in [-0.4, -0.2) is 29.5 Å². The molecule has 1 aliphatic rings. The van der Waals surface area contributed by atoms with E-state index in [1.165, 1.54) is 5.69 Å². The molecular formula is C18H23Cl2N3O. The van der Waals surface area contributed by atoms with Gasteiger partial charge in [0.1, 0.15) is 0 Å². The maximum absolute atomic E-state index is 6.20. The standard InChI is InChI=1S/C18H23Cl2N3O/c1-13-6-7-22-23(13)9-2-3-15-12-21-8-10-24-18(15)14-4-5-16(19)17(20)11-14/h4-7,11,15,18,21H,2-3,8-10,12H2,1H3/t15-,18+/m1/s1. The van der Waals surface area contributed by atoms with Crippen LogP contribution in [0, 0.1) is 12.8 Å². The van der Waals surface area contributed by atoms with Crippen molar-refractivity contribution in [3.05, 3.63) is 51.8 Å². The third-order valence-corrected chi connectivity index (χ3v) is 5.30. The number of nitrogens with one attached hydrogen (secondary N) is 1. The number of rotatable bonds is 5. The van der Waals surface area contributed by atoms with Gasteiger partial charge in [-0.15, -0.1) is 0 Å². The highest BCUT2D eigenvalue weighted by Gasteiger charge is 2.26. The first-order valence-corrected chi connectivity index (χ1v) is 9.16. The van der Waals surface area contributed by atoms with Crippen molar-refractivity contribution in [3.63, 3.8) is 0 Å². The van der Waals surface area contributed by atoms with Gasteiger partial charge in [-0.3, -0.25) is 4.68 Å². The van der Waals surface area contributed by atoms with Crippen molar-refractivity contribution in [3.8, 4) is 0 Å². The van der Waals surface area contributed by atoms with E-state index in [9.17, 15) is 0 Å². The molecule has 1 aromatic heterocycles. The third kappa shape index (κ3) is 4.31. The van der Waals surface area contributed by atoms with Gasteiger partial charge in [0.15, 0.2) is 0 Å². The summed E-state index contributed by atoms with van der Waals surface area (Å²) in [4.78, 5) is 0. The van der Waals surface area contributed by atoms with Gasteiger partial charge >= 0.3 is 0 Å². The maximum Gasteiger partial charge on any atom is 0.0866 e. The smallest absolute Gasteiger partial charge is 0.0866 e. The average Bonchev–Trinajstić information content (AvgIpc) is 2.83. The molecule has 1 aliphatic heterocycles. The number of halogens is 2. The zero-order chi connectivity index (χ0) is 16.9. The van der Waals surface area contributed by atoms with E-state index in [0.29, 0.717) is 22.6 Å². The second-order valence-corrected chi connectivity index (χ2v) is 7.08. The van der Waals surface area contributed by atoms with E-state index in [1.807, 2.05) is 30.5 Å². The molecule has 0 unspecified atom stereocenters. The predicted molar refractivity (Wildman–Crippen MR) is 97.7 cm³/mol. The predicted octanol–water partition coefficient (Wildman–Crippen LogP) is 4.26. The summed E-state index contributed by atoms with van der Waals surface area (Å²) < 4.78 is 8.18. The highest BCUT2D eigenvalue weighted by Crippen LogP contribution is 2.34. The summed E-state index contributed by atoms with van der Waals surface area (Å²) >= 11 is 12.2. The van der Waals surface area contributed by atoms with Crippen molar-refractivity contribution in [1.29, 1.82) is 0 Å². The van der Waals surface area contributed by atoms with Gasteiger partial charge in [-0.25, -0.2) is 0 Å². The van der Waals surface area contributed by atoms with Gasteiger partial charge in [0.25, 0.3) is 0 Å². The van der Waals surface area contributed by atoms with E-state index >= 15 is 0 Å². The van der Waals surface area contributed by atoms with Crippen LogP contribution in [0.2, 0.25) is 10.0 Å². The Kier molecular flexibility index (Phi) is 6.17. The Morgan fingerprint density at radius 3 is 2.92 bits per heavy atom. The van der Waals surface area contributed by atoms with Crippen LogP contribution in [0.3, 0.4) is 0 Å². The van der Waals surface area contributed by atoms with Crippen LogP contribution in [0.5, 0.6) is 0 Å². The molecule has 1 aromatic carbocycles. The molecule has 0 spiro atoms. The third-order valence-electron chi connectivity index (χ3n) is 4.56. The Hall–Kier alpha value is -1.07. The minimum absolute atomic E-state index is 0.0495. The lowest BCUT2D eigenvalue weighted by Crippen LogP contribution is -2.25. The molecule has 130 valence electrons. The van der Waals surface area contributed by atoms with Gasteiger partial charge in [0.05, 0.1) is 22.8 Å². The summed E-state index contributed by atoms with van der Waals surface area (Å²) in [7, 11) is 0. The first-order chi connectivity index (χ1) is 11.6. The summed E-state index contributed by atoms with van der Waals surface area (Å²) in [5.41, 5.74) is 2.31. The summed E-state index contributed by atoms with van der Waals surface area (Å²) in [6.07, 6.45) is 4.03. The number of hydrogen-bond donors (Lipinski definition) is 1. The fraction of sp³-hybridized carbons (Fsp3) is 0.500. The van der Waals surface area contributed by atoms with Crippen LogP contribution in [0.1, 0.15) is 30.2 Å². The topological polar surface area (TPSA) is 39.1 Å². The molecule has 3 rings (SSSR count). The fourth-order valence-corrected chi connectivity index (χ4v) is 3.54. The molecule has 1 fully saturated rings. The van der Waals surface area contributed by atoms with E-state index in [4.69, 9.17) is 27.9 Å². The minimum atomic E-state index is 0.0495. The van der Waals surface area contributed by atoms with Gasteiger partial charge < -0.3 is 10.1 Å². The molecule has 1 saturated heterocycles. The SMILES string of the molecule is Cc1ccnn1CCC[C@@H]1CNCCO[C@H]1c1ccc(Cl)c(Cl)c1. The summed E-state index contributed by atoms with van der Waals surface area (Å²) in [5.74, 6) is 0.403. The van der Waals surface area contributed by atoms with Crippen molar-refractivity contribution < 1.29 is 4.74 Å². The molecule has 0 amide bonds. The van der Waals surface area contributed by atoms with Crippen molar-refractivity contribution in [2.45, 2.75) is 32.4 Å². The minimum Gasteiger partial charge on any atom is -0.372 e. The van der Waals surface area contributed by atoms with Gasteiger partial charge in [-0.1, -0.05) is 29.3 Å². The van der Waals surface area contributed by atoms with Crippen LogP contribution < -0.4 is 5.32 Å². The number of benzene rings is 1. The Balaban J connectivity index is 1.68. The second-order valence-electron chi connectivity index (χ2n) is 6.27. The monoisotopic (exact) mass is 367 g/mol. The summed E-state index contributed by atoms with van der Waals surface area (Å²) in [5, 5.41) is 8.99. The first-order valence-electron chi connectivity index (χ1n) is 8.41. The van der Waals surface area contributed by atoms with E-state index in [0.717, 1.165) is 38.0 Å². The molecule has 2 atom stereocenters. The average molecular weight is 368 g/mol. The Bertz CT molecular complexity index is 674. The molecule has 1 N–H and O–H groups in total. The quantitative estimate of drug-likeness (QED) is 0.857. The molecule has 4 nitrogen and oxygen atoms in total. The normalized spacial score (nSPS) is 21.6. The van der Waals surface area contributed by atoms with Crippen molar-refractivity contribution in [2.75, 3.05) is 19.7 Å². The maximum atomic E-state index is 6.20. The van der Waals surface area contributed by atoms with Crippen molar-refractivity contribution in [1.82, 2.24) is 15.1 Å². The second kappa shape index (κ2) is 8.34. The summed E-state index contributed by atoms with van der Waals surface area (Å²) in [6, 6.07) is 7.85. The number of aromatic nitrogens is 2. The van der Waals surface area contributed by atoms with Crippen LogP contribution >= 0.6 is 23.2 Å². The lowest BCUT2D eigenvalue weighted by atomic mass is 9.91. The lowest BCUT2D eigenvalue weighted by molar-refractivity contribution is 0.0270. The lowest BCUT2D eigenvalue weighted by Gasteiger charge is -2.25. The molecule has 2 aromatic rings. The van der Waals surface area contributed by atoms with Crippen molar-refractivity contribution in [2.24, 2.45) is 5.92 Å². The molecule has 0 aliphatic carbocycles. The number of aryl methyl sites for hydroxylation is 2. The number of hydrogen-bond acceptors (Lipinski definition) is 3. The molecule has 6 heteroatoms. The van der Waals surface area contributed by atoms with Crippen molar-refractivity contribution >= 4 is 23.2 Å². The fourth-order valence-electron chi connectivity index (χ4n) is 3.24. The van der Waals surface area contributed by atoms with E-state index in [1.54, 1.807) is 0 Å². The Labute approximate surface area is 153 Å². The van der Waals surface area contributed by atoms with Crippen LogP contribution in [0.25, 0.3) is 0 Å². The molecule has 0 radical (unpaired) electrons. The Morgan fingerprint density at radius 2 is 2.17 bits per heavy atom. The zero-order valence-corrected chi connectivity index (χ0v) is 15.4.